The van der Waals surface area contributed by atoms with Crippen LogP contribution in [0.3, 0.4) is 0 Å². The lowest BCUT2D eigenvalue weighted by molar-refractivity contribution is -0.131. The predicted molar refractivity (Wildman–Crippen MR) is 115 cm³/mol. The van der Waals surface area contributed by atoms with Crippen LogP contribution < -0.4 is 5.32 Å². The van der Waals surface area contributed by atoms with Crippen LogP contribution in [0.15, 0.2) is 53.4 Å². The van der Waals surface area contributed by atoms with E-state index < -0.39 is 39.8 Å². The van der Waals surface area contributed by atoms with Crippen LogP contribution in [0, 0.1) is 0 Å². The van der Waals surface area contributed by atoms with E-state index in [4.69, 9.17) is 0 Å². The molecule has 166 valence electrons. The normalized spacial score (nSPS) is 23.1. The molecule has 1 spiro atoms. The monoisotopic (exact) mass is 453 g/mol. The molecule has 9 heteroatoms. The number of nitrogens with one attached hydrogen (secondary N) is 1. The lowest BCUT2D eigenvalue weighted by Crippen LogP contribution is -2.42. The lowest BCUT2D eigenvalue weighted by atomic mass is 9.92. The third kappa shape index (κ3) is 3.15. The van der Waals surface area contributed by atoms with Gasteiger partial charge in [-0.1, -0.05) is 24.3 Å². The number of carbonyl (C=O) groups excluding carboxylic acids is 3. The molecule has 2 heterocycles. The molecule has 8 nitrogen and oxygen atoms in total. The molecule has 1 N–H and O–H groups in total. The zero-order valence-corrected chi connectivity index (χ0v) is 18.2. The van der Waals surface area contributed by atoms with Crippen LogP contribution in [-0.2, 0) is 26.8 Å². The Bertz CT molecular complexity index is 1220. The highest BCUT2D eigenvalue weighted by molar-refractivity contribution is 7.89. The minimum absolute atomic E-state index is 0.132. The van der Waals surface area contributed by atoms with Crippen molar-refractivity contribution in [3.8, 4) is 0 Å². The maximum Gasteiger partial charge on any atom is 0.325 e. The summed E-state index contributed by atoms with van der Waals surface area (Å²) in [5, 5.41) is 2.80. The average Bonchev–Trinajstić information content (AvgIpc) is 3.51. The van der Waals surface area contributed by atoms with Gasteiger partial charge in [-0.05, 0) is 61.1 Å². The number of rotatable bonds is 5. The Morgan fingerprint density at radius 2 is 1.69 bits per heavy atom. The van der Waals surface area contributed by atoms with Crippen LogP contribution >= 0.6 is 0 Å². The largest absolute Gasteiger partial charge is 0.325 e. The van der Waals surface area contributed by atoms with E-state index in [-0.39, 0.29) is 10.5 Å². The maximum atomic E-state index is 13.2. The van der Waals surface area contributed by atoms with Crippen molar-refractivity contribution < 1.29 is 22.8 Å². The minimum Gasteiger partial charge on any atom is -0.319 e. The highest BCUT2D eigenvalue weighted by atomic mass is 32.2. The van der Waals surface area contributed by atoms with Crippen LogP contribution in [0.4, 0.5) is 4.79 Å². The Balaban J connectivity index is 1.33. The van der Waals surface area contributed by atoms with E-state index in [1.807, 2.05) is 24.3 Å². The van der Waals surface area contributed by atoms with Gasteiger partial charge in [0.2, 0.25) is 10.0 Å². The standard InChI is InChI=1S/C23H23N3O5S/c27-20(17-7-9-18(10-8-17)32(30,31)25-13-3-4-14-25)15-26-21(28)23(24-22(26)29)12-11-16-5-1-2-6-19(16)23/h1-2,5-10H,3-4,11-15H2,(H,24,29). The molecule has 2 fully saturated rings. The molecule has 1 aliphatic carbocycles. The summed E-state index contributed by atoms with van der Waals surface area (Å²) in [6, 6.07) is 12.6. The van der Waals surface area contributed by atoms with Gasteiger partial charge in [-0.25, -0.2) is 13.2 Å². The number of benzene rings is 2. The van der Waals surface area contributed by atoms with Crippen molar-refractivity contribution in [3.63, 3.8) is 0 Å². The molecule has 32 heavy (non-hydrogen) atoms. The molecule has 0 radical (unpaired) electrons. The van der Waals surface area contributed by atoms with Gasteiger partial charge in [0.1, 0.15) is 5.54 Å². The second kappa shape index (κ2) is 7.53. The van der Waals surface area contributed by atoms with Gasteiger partial charge in [-0.2, -0.15) is 4.31 Å². The Morgan fingerprint density at radius 1 is 1.00 bits per heavy atom. The quantitative estimate of drug-likeness (QED) is 0.551. The summed E-state index contributed by atoms with van der Waals surface area (Å²) in [6.07, 6.45) is 2.82. The molecule has 2 aliphatic heterocycles. The Hall–Kier alpha value is -3.04. The van der Waals surface area contributed by atoms with E-state index in [2.05, 4.69) is 5.32 Å². The fourth-order valence-corrected chi connectivity index (χ4v) is 6.38. The minimum atomic E-state index is -3.57. The van der Waals surface area contributed by atoms with Crippen LogP contribution in [0.25, 0.3) is 0 Å². The number of hydrogen-bond acceptors (Lipinski definition) is 5. The van der Waals surface area contributed by atoms with Gasteiger partial charge in [-0.3, -0.25) is 14.5 Å². The van der Waals surface area contributed by atoms with Crippen molar-refractivity contribution in [2.75, 3.05) is 19.6 Å². The molecule has 3 aliphatic rings. The van der Waals surface area contributed by atoms with E-state index in [1.54, 1.807) is 0 Å². The summed E-state index contributed by atoms with van der Waals surface area (Å²) in [6.45, 7) is 0.604. The zero-order chi connectivity index (χ0) is 22.5. The molecular weight excluding hydrogens is 430 g/mol. The van der Waals surface area contributed by atoms with Crippen molar-refractivity contribution in [1.29, 1.82) is 0 Å². The molecule has 0 bridgehead atoms. The van der Waals surface area contributed by atoms with Gasteiger partial charge in [0.15, 0.2) is 5.78 Å². The molecule has 1 unspecified atom stereocenters. The number of ketones is 1. The first-order chi connectivity index (χ1) is 15.3. The molecule has 3 amide bonds. The molecule has 2 aromatic carbocycles. The summed E-state index contributed by atoms with van der Waals surface area (Å²) < 4.78 is 26.8. The second-order valence-corrected chi connectivity index (χ2v) is 10.4. The number of nitrogens with zero attached hydrogens (tertiary/aromatic N) is 2. The number of fused-ring (bicyclic) bond motifs is 2. The highest BCUT2D eigenvalue weighted by Crippen LogP contribution is 2.41. The van der Waals surface area contributed by atoms with Gasteiger partial charge in [0.25, 0.3) is 5.91 Å². The van der Waals surface area contributed by atoms with Crippen molar-refractivity contribution in [3.05, 3.63) is 65.2 Å². The van der Waals surface area contributed by atoms with Gasteiger partial charge >= 0.3 is 6.03 Å². The van der Waals surface area contributed by atoms with E-state index in [0.29, 0.717) is 25.9 Å². The number of urea groups is 1. The number of imide groups is 1. The molecule has 1 atom stereocenters. The van der Waals surface area contributed by atoms with Crippen LogP contribution in [0.2, 0.25) is 0 Å². The first-order valence-corrected chi connectivity index (χ1v) is 12.1. The molecule has 0 saturated carbocycles. The Morgan fingerprint density at radius 3 is 2.41 bits per heavy atom. The molecule has 5 rings (SSSR count). The highest BCUT2D eigenvalue weighted by Gasteiger charge is 2.55. The van der Waals surface area contributed by atoms with Crippen molar-refractivity contribution in [1.82, 2.24) is 14.5 Å². The fraction of sp³-hybridized carbons (Fsp3) is 0.348. The van der Waals surface area contributed by atoms with Gasteiger partial charge in [0.05, 0.1) is 11.4 Å². The van der Waals surface area contributed by atoms with Crippen LogP contribution in [-0.4, -0.2) is 55.0 Å². The van der Waals surface area contributed by atoms with Gasteiger partial charge in [0, 0.05) is 18.7 Å². The number of Topliss-reactive ketones (excluding diaryl/α,β-unsaturated/α-hetero) is 1. The second-order valence-electron chi connectivity index (χ2n) is 8.44. The van der Waals surface area contributed by atoms with E-state index in [1.165, 1.54) is 28.6 Å². The molecular formula is C23H23N3O5S. The maximum absolute atomic E-state index is 13.2. The summed E-state index contributed by atoms with van der Waals surface area (Å²) >= 11 is 0. The van der Waals surface area contributed by atoms with Crippen LogP contribution in [0.5, 0.6) is 0 Å². The van der Waals surface area contributed by atoms with Gasteiger partial charge < -0.3 is 5.32 Å². The van der Waals surface area contributed by atoms with E-state index in [9.17, 15) is 22.8 Å². The van der Waals surface area contributed by atoms with E-state index in [0.717, 1.165) is 28.9 Å². The van der Waals surface area contributed by atoms with Crippen molar-refractivity contribution >= 4 is 27.7 Å². The van der Waals surface area contributed by atoms with E-state index >= 15 is 0 Å². The third-order valence-corrected chi connectivity index (χ3v) is 8.52. The van der Waals surface area contributed by atoms with Crippen LogP contribution in [0.1, 0.15) is 40.7 Å². The summed E-state index contributed by atoms with van der Waals surface area (Å²) in [7, 11) is -3.57. The zero-order valence-electron chi connectivity index (χ0n) is 17.4. The average molecular weight is 454 g/mol. The summed E-state index contributed by atoms with van der Waals surface area (Å²) in [5.41, 5.74) is 0.939. The molecule has 2 saturated heterocycles. The lowest BCUT2D eigenvalue weighted by Gasteiger charge is -2.22. The summed E-state index contributed by atoms with van der Waals surface area (Å²) in [5.74, 6) is -0.851. The number of sulfonamides is 1. The fourth-order valence-electron chi connectivity index (χ4n) is 4.86. The number of hydrogen-bond donors (Lipinski definition) is 1. The van der Waals surface area contributed by atoms with Crippen molar-refractivity contribution in [2.45, 2.75) is 36.1 Å². The number of amides is 3. The SMILES string of the molecule is O=C(CN1C(=O)NC2(CCc3ccccc32)C1=O)c1ccc(S(=O)(=O)N2CCCC2)cc1. The summed E-state index contributed by atoms with van der Waals surface area (Å²) in [4.78, 5) is 39.7. The van der Waals surface area contributed by atoms with Gasteiger partial charge in [-0.15, -0.1) is 0 Å². The Kier molecular flexibility index (Phi) is 4.90. The predicted octanol–water partition coefficient (Wildman–Crippen LogP) is 2.05. The smallest absolute Gasteiger partial charge is 0.319 e. The van der Waals surface area contributed by atoms with Crippen molar-refractivity contribution in [2.24, 2.45) is 0 Å². The topological polar surface area (TPSA) is 104 Å². The molecule has 0 aromatic heterocycles. The first-order valence-electron chi connectivity index (χ1n) is 10.7. The first kappa shape index (κ1) is 20.8. The number of aryl methyl sites for hydroxylation is 1. The third-order valence-electron chi connectivity index (χ3n) is 6.60. The Labute approximate surface area is 186 Å². The number of carbonyl (C=O) groups is 3. The molecule has 2 aromatic rings.